The largest absolute Gasteiger partial charge is 0.358 e. The van der Waals surface area contributed by atoms with Crippen LogP contribution in [-0.4, -0.2) is 40.2 Å². The van der Waals surface area contributed by atoms with Gasteiger partial charge in [-0.3, -0.25) is 14.9 Å². The van der Waals surface area contributed by atoms with Crippen LogP contribution < -0.4 is 10.6 Å². The Bertz CT molecular complexity index is 679. The monoisotopic (exact) mass is 336 g/mol. The van der Waals surface area contributed by atoms with E-state index in [-0.39, 0.29) is 24.0 Å². The predicted molar refractivity (Wildman–Crippen MR) is 87.1 cm³/mol. The van der Waals surface area contributed by atoms with Gasteiger partial charge in [-0.1, -0.05) is 18.9 Å². The molecule has 1 aromatic heterocycles. The van der Waals surface area contributed by atoms with Crippen LogP contribution in [0.3, 0.4) is 0 Å². The van der Waals surface area contributed by atoms with Gasteiger partial charge in [0.1, 0.15) is 17.7 Å². The van der Waals surface area contributed by atoms with Gasteiger partial charge in [0, 0.05) is 37.3 Å². The smallest absolute Gasteiger partial charge is 0.249 e. The van der Waals surface area contributed by atoms with Crippen LogP contribution >= 0.6 is 12.8 Å². The third-order valence-corrected chi connectivity index (χ3v) is 4.31. The maximum Gasteiger partial charge on any atom is 0.249 e. The van der Waals surface area contributed by atoms with Gasteiger partial charge < -0.3 is 5.32 Å². The summed E-state index contributed by atoms with van der Waals surface area (Å²) in [5.74, 6) is -0.789. The molecule has 23 heavy (non-hydrogen) atoms. The van der Waals surface area contributed by atoms with Crippen molar-refractivity contribution in [2.45, 2.75) is 25.3 Å². The van der Waals surface area contributed by atoms with Crippen molar-refractivity contribution >= 4 is 36.0 Å². The first kappa shape index (κ1) is 15.9. The number of hydrogen-bond acceptors (Lipinski definition) is 6. The molecule has 3 rings (SSSR count). The Morgan fingerprint density at radius 3 is 2.87 bits per heavy atom. The molecule has 1 fully saturated rings. The first-order chi connectivity index (χ1) is 11.0. The molecular formula is C15H17FN4O2S. The van der Waals surface area contributed by atoms with E-state index in [1.54, 1.807) is 0 Å². The maximum atomic E-state index is 14.3. The zero-order valence-electron chi connectivity index (χ0n) is 12.4. The van der Waals surface area contributed by atoms with Crippen LogP contribution in [0, 0.1) is 5.82 Å². The highest BCUT2D eigenvalue weighted by atomic mass is 32.1. The van der Waals surface area contributed by atoms with Gasteiger partial charge in [-0.25, -0.2) is 13.7 Å². The first-order valence-electron chi connectivity index (χ1n) is 7.42. The summed E-state index contributed by atoms with van der Waals surface area (Å²) in [5, 5.41) is 5.12. The molecule has 2 aliphatic heterocycles. The van der Waals surface area contributed by atoms with Gasteiger partial charge in [0.15, 0.2) is 0 Å². The quantitative estimate of drug-likeness (QED) is 0.574. The van der Waals surface area contributed by atoms with Crippen molar-refractivity contribution in [2.24, 2.45) is 0 Å². The average Bonchev–Trinajstić information content (AvgIpc) is 2.51. The van der Waals surface area contributed by atoms with Gasteiger partial charge in [-0.2, -0.15) is 0 Å². The van der Waals surface area contributed by atoms with Crippen molar-refractivity contribution in [2.75, 3.05) is 18.4 Å². The topological polar surface area (TPSA) is 74.3 Å². The molecule has 6 nitrogen and oxygen atoms in total. The minimum absolute atomic E-state index is 0.261. The SMILES string of the molecule is O=C1CCC(Nc2cc(F)c(C3=CCN(S)CC3)cn2)C(=O)N1. The van der Waals surface area contributed by atoms with Crippen molar-refractivity contribution in [3.63, 3.8) is 0 Å². The number of pyridine rings is 1. The Morgan fingerprint density at radius 2 is 2.22 bits per heavy atom. The number of hydrogen-bond donors (Lipinski definition) is 3. The molecule has 2 amide bonds. The lowest BCUT2D eigenvalue weighted by molar-refractivity contribution is -0.133. The van der Waals surface area contributed by atoms with Crippen molar-refractivity contribution in [1.29, 1.82) is 0 Å². The number of carbonyl (C=O) groups is 2. The lowest BCUT2D eigenvalue weighted by atomic mass is 10.0. The molecule has 0 radical (unpaired) electrons. The second kappa shape index (κ2) is 6.67. The average molecular weight is 336 g/mol. The lowest BCUT2D eigenvalue weighted by Crippen LogP contribution is -2.47. The summed E-state index contributed by atoms with van der Waals surface area (Å²) in [5.41, 5.74) is 1.38. The van der Waals surface area contributed by atoms with Crippen LogP contribution in [0.1, 0.15) is 24.8 Å². The Labute approximate surface area is 138 Å². The fourth-order valence-electron chi connectivity index (χ4n) is 2.66. The van der Waals surface area contributed by atoms with E-state index >= 15 is 0 Å². The van der Waals surface area contributed by atoms with E-state index in [9.17, 15) is 14.0 Å². The molecule has 0 spiro atoms. The highest BCUT2D eigenvalue weighted by Crippen LogP contribution is 2.26. The van der Waals surface area contributed by atoms with Gasteiger partial charge in [0.25, 0.3) is 0 Å². The molecular weight excluding hydrogens is 319 g/mol. The number of imide groups is 1. The van der Waals surface area contributed by atoms with Crippen molar-refractivity contribution in [3.05, 3.63) is 29.7 Å². The van der Waals surface area contributed by atoms with Crippen molar-refractivity contribution in [1.82, 2.24) is 14.6 Å². The van der Waals surface area contributed by atoms with E-state index in [1.165, 1.54) is 12.3 Å². The van der Waals surface area contributed by atoms with Gasteiger partial charge in [0.2, 0.25) is 11.8 Å². The van der Waals surface area contributed by atoms with Crippen LogP contribution in [-0.2, 0) is 9.59 Å². The summed E-state index contributed by atoms with van der Waals surface area (Å²) in [7, 11) is 0. The maximum absolute atomic E-state index is 14.3. The summed E-state index contributed by atoms with van der Waals surface area (Å²) in [4.78, 5) is 27.0. The van der Waals surface area contributed by atoms with E-state index in [1.807, 2.05) is 10.4 Å². The summed E-state index contributed by atoms with van der Waals surface area (Å²) < 4.78 is 16.2. The van der Waals surface area contributed by atoms with E-state index in [2.05, 4.69) is 28.4 Å². The molecule has 0 bridgehead atoms. The van der Waals surface area contributed by atoms with E-state index in [4.69, 9.17) is 0 Å². The molecule has 1 unspecified atom stereocenters. The number of nitrogens with zero attached hydrogens (tertiary/aromatic N) is 2. The second-order valence-electron chi connectivity index (χ2n) is 5.59. The van der Waals surface area contributed by atoms with E-state index in [0.29, 0.717) is 24.9 Å². The number of aromatic nitrogens is 1. The molecule has 1 aromatic rings. The molecule has 8 heteroatoms. The minimum Gasteiger partial charge on any atom is -0.358 e. The van der Waals surface area contributed by atoms with Crippen molar-refractivity contribution in [3.8, 4) is 0 Å². The third kappa shape index (κ3) is 3.70. The van der Waals surface area contributed by atoms with Gasteiger partial charge in [0.05, 0.1) is 0 Å². The fraction of sp³-hybridized carbons (Fsp3) is 0.400. The van der Waals surface area contributed by atoms with E-state index < -0.39 is 11.9 Å². The second-order valence-corrected chi connectivity index (χ2v) is 6.16. The number of nitrogens with one attached hydrogen (secondary N) is 2. The third-order valence-electron chi connectivity index (χ3n) is 3.95. The number of halogens is 1. The van der Waals surface area contributed by atoms with Gasteiger partial charge in [-0.15, -0.1) is 0 Å². The fourth-order valence-corrected chi connectivity index (χ4v) is 2.84. The Balaban J connectivity index is 1.72. The van der Waals surface area contributed by atoms with Gasteiger partial charge in [-0.05, 0) is 18.4 Å². The number of piperidine rings is 1. The molecule has 2 N–H and O–H groups in total. The molecule has 0 saturated carbocycles. The number of thiol groups is 1. The molecule has 1 atom stereocenters. The predicted octanol–water partition coefficient (Wildman–Crippen LogP) is 1.37. The number of anilines is 1. The minimum atomic E-state index is -0.572. The summed E-state index contributed by atoms with van der Waals surface area (Å²) in [6.07, 6.45) is 4.76. The molecule has 122 valence electrons. The molecule has 0 aromatic carbocycles. The van der Waals surface area contributed by atoms with Crippen LogP contribution in [0.25, 0.3) is 5.57 Å². The van der Waals surface area contributed by atoms with Crippen molar-refractivity contribution < 1.29 is 14.0 Å². The number of carbonyl (C=O) groups excluding carboxylic acids is 2. The van der Waals surface area contributed by atoms with Crippen LogP contribution in [0.15, 0.2) is 18.3 Å². The first-order valence-corrected chi connectivity index (χ1v) is 7.82. The van der Waals surface area contributed by atoms with Crippen LogP contribution in [0.2, 0.25) is 0 Å². The molecule has 2 aliphatic rings. The molecule has 1 saturated heterocycles. The van der Waals surface area contributed by atoms with Crippen LogP contribution in [0.4, 0.5) is 10.2 Å². The standard InChI is InChI=1S/C15H17FN4O2S/c16-11-7-13(18-12-1-2-14(21)19-15(12)22)17-8-10(11)9-3-5-20(23)6-4-9/h3,7-8,12,23H,1-2,4-6H2,(H,17,18)(H,19,21,22). The zero-order chi connectivity index (χ0) is 16.4. The molecule has 3 heterocycles. The zero-order valence-corrected chi connectivity index (χ0v) is 13.3. The summed E-state index contributed by atoms with van der Waals surface area (Å²) in [6, 6.07) is 0.713. The Morgan fingerprint density at radius 1 is 1.39 bits per heavy atom. The van der Waals surface area contributed by atoms with E-state index in [0.717, 1.165) is 12.1 Å². The number of rotatable bonds is 3. The number of amides is 2. The summed E-state index contributed by atoms with van der Waals surface area (Å²) in [6.45, 7) is 1.42. The Hall–Kier alpha value is -1.93. The lowest BCUT2D eigenvalue weighted by Gasteiger charge is -2.23. The normalized spacial score (nSPS) is 22.5. The highest BCUT2D eigenvalue weighted by molar-refractivity contribution is 7.77. The van der Waals surface area contributed by atoms with Crippen LogP contribution in [0.5, 0.6) is 0 Å². The summed E-state index contributed by atoms with van der Waals surface area (Å²) >= 11 is 4.25. The molecule has 0 aliphatic carbocycles. The highest BCUT2D eigenvalue weighted by Gasteiger charge is 2.27. The Kier molecular flexibility index (Phi) is 4.63. The van der Waals surface area contributed by atoms with Gasteiger partial charge >= 0.3 is 0 Å².